The van der Waals surface area contributed by atoms with Crippen molar-refractivity contribution < 1.29 is 18.9 Å². The Morgan fingerprint density at radius 1 is 1.00 bits per heavy atom. The summed E-state index contributed by atoms with van der Waals surface area (Å²) in [7, 11) is 0. The van der Waals surface area contributed by atoms with Gasteiger partial charge in [-0.25, -0.2) is 0 Å². The molecule has 1 saturated heterocycles. The lowest BCUT2D eigenvalue weighted by molar-refractivity contribution is 0.0682. The minimum atomic E-state index is 0.206. The number of rotatable bonds is 11. The van der Waals surface area contributed by atoms with Gasteiger partial charge in [0.1, 0.15) is 24.7 Å². The third-order valence-electron chi connectivity index (χ3n) is 4.47. The Hall–Kier alpha value is -2.24. The number of nitrogens with one attached hydrogen (secondary N) is 1. The first-order valence-electron chi connectivity index (χ1n) is 9.72. The van der Waals surface area contributed by atoms with E-state index in [4.69, 9.17) is 18.9 Å². The maximum Gasteiger partial charge on any atom is 0.142 e. The summed E-state index contributed by atoms with van der Waals surface area (Å²) in [6.07, 6.45) is 2.40. The first-order valence-corrected chi connectivity index (χ1v) is 9.72. The average Bonchev–Trinajstić information content (AvgIpc) is 3.23. The van der Waals surface area contributed by atoms with E-state index in [2.05, 4.69) is 11.4 Å². The normalized spacial score (nSPS) is 16.3. The fraction of sp³-hybridized carbons (Fsp3) is 0.455. The van der Waals surface area contributed by atoms with E-state index in [1.165, 1.54) is 0 Å². The fourth-order valence-corrected chi connectivity index (χ4v) is 3.03. The molecule has 0 aromatic heterocycles. The summed E-state index contributed by atoms with van der Waals surface area (Å²) in [5, 5.41) is 3.47. The van der Waals surface area contributed by atoms with Gasteiger partial charge in [0.2, 0.25) is 0 Å². The van der Waals surface area contributed by atoms with E-state index in [0.717, 1.165) is 42.2 Å². The monoisotopic (exact) mass is 371 g/mol. The molecule has 5 heteroatoms. The molecule has 1 heterocycles. The van der Waals surface area contributed by atoms with Gasteiger partial charge in [-0.05, 0) is 38.0 Å². The van der Waals surface area contributed by atoms with Crippen LogP contribution in [0.1, 0.15) is 25.3 Å². The first kappa shape index (κ1) is 19.5. The molecular weight excluding hydrogens is 342 g/mol. The summed E-state index contributed by atoms with van der Waals surface area (Å²) in [6, 6.07) is 16.1. The number of anilines is 1. The van der Waals surface area contributed by atoms with Gasteiger partial charge in [0, 0.05) is 25.3 Å². The average molecular weight is 371 g/mol. The molecule has 0 radical (unpaired) electrons. The molecule has 0 bridgehead atoms. The standard InChI is InChI=1S/C22H29NO4/c1-2-24-14-15-26-21-11-5-3-8-18(21)16-23-20-10-4-6-12-22(20)27-17-19-9-7-13-25-19/h3-6,8,10-12,19,23H,2,7,9,13-17H2,1H3. The smallest absolute Gasteiger partial charge is 0.142 e. The number of ether oxygens (including phenoxy) is 4. The van der Waals surface area contributed by atoms with Crippen LogP contribution in [0.3, 0.4) is 0 Å². The molecular formula is C22H29NO4. The molecule has 27 heavy (non-hydrogen) atoms. The lowest BCUT2D eigenvalue weighted by Gasteiger charge is -2.17. The number of para-hydroxylation sites is 3. The van der Waals surface area contributed by atoms with Crippen molar-refractivity contribution in [2.75, 3.05) is 38.4 Å². The molecule has 0 spiro atoms. The molecule has 146 valence electrons. The van der Waals surface area contributed by atoms with E-state index in [0.29, 0.717) is 33.0 Å². The van der Waals surface area contributed by atoms with E-state index >= 15 is 0 Å². The molecule has 1 N–H and O–H groups in total. The Balaban J connectivity index is 1.56. The third kappa shape index (κ3) is 6.15. The second-order valence-corrected chi connectivity index (χ2v) is 6.45. The summed E-state index contributed by atoms with van der Waals surface area (Å²) in [5.41, 5.74) is 2.07. The maximum atomic E-state index is 6.00. The van der Waals surface area contributed by atoms with Crippen LogP contribution in [0, 0.1) is 0 Å². The molecule has 0 saturated carbocycles. The Morgan fingerprint density at radius 3 is 2.63 bits per heavy atom. The van der Waals surface area contributed by atoms with Crippen LogP contribution in [-0.2, 0) is 16.0 Å². The molecule has 1 aliphatic heterocycles. The molecule has 3 rings (SSSR count). The van der Waals surface area contributed by atoms with Crippen LogP contribution in [0.4, 0.5) is 5.69 Å². The summed E-state index contributed by atoms with van der Waals surface area (Å²) < 4.78 is 22.8. The van der Waals surface area contributed by atoms with E-state index in [1.807, 2.05) is 49.4 Å². The molecule has 1 unspecified atom stereocenters. The molecule has 1 atom stereocenters. The van der Waals surface area contributed by atoms with E-state index in [9.17, 15) is 0 Å². The topological polar surface area (TPSA) is 49.0 Å². The third-order valence-corrected chi connectivity index (χ3v) is 4.47. The molecule has 1 aliphatic rings. The molecule has 5 nitrogen and oxygen atoms in total. The van der Waals surface area contributed by atoms with Crippen molar-refractivity contribution in [3.63, 3.8) is 0 Å². The van der Waals surface area contributed by atoms with Crippen LogP contribution in [-0.4, -0.2) is 39.1 Å². The van der Waals surface area contributed by atoms with Crippen molar-refractivity contribution in [2.24, 2.45) is 0 Å². The van der Waals surface area contributed by atoms with Crippen molar-refractivity contribution in [1.82, 2.24) is 0 Å². The molecule has 1 fully saturated rings. The van der Waals surface area contributed by atoms with Crippen LogP contribution in [0.2, 0.25) is 0 Å². The Labute approximate surface area is 161 Å². The highest BCUT2D eigenvalue weighted by Crippen LogP contribution is 2.27. The van der Waals surface area contributed by atoms with Crippen LogP contribution < -0.4 is 14.8 Å². The first-order chi connectivity index (χ1) is 13.4. The van der Waals surface area contributed by atoms with Crippen LogP contribution in [0.5, 0.6) is 11.5 Å². The zero-order valence-corrected chi connectivity index (χ0v) is 16.0. The molecule has 0 amide bonds. The number of hydrogen-bond donors (Lipinski definition) is 1. The fourth-order valence-electron chi connectivity index (χ4n) is 3.03. The second kappa shape index (κ2) is 10.8. The highest BCUT2D eigenvalue weighted by Gasteiger charge is 2.16. The lowest BCUT2D eigenvalue weighted by atomic mass is 10.2. The van der Waals surface area contributed by atoms with Gasteiger partial charge in [0.05, 0.1) is 18.4 Å². The minimum absolute atomic E-state index is 0.206. The molecule has 2 aromatic carbocycles. The minimum Gasteiger partial charge on any atom is -0.491 e. The van der Waals surface area contributed by atoms with Crippen molar-refractivity contribution in [1.29, 1.82) is 0 Å². The predicted octanol–water partition coefficient (Wildman–Crippen LogP) is 4.27. The van der Waals surface area contributed by atoms with Gasteiger partial charge in [-0.15, -0.1) is 0 Å². The van der Waals surface area contributed by atoms with Crippen molar-refractivity contribution in [2.45, 2.75) is 32.4 Å². The highest BCUT2D eigenvalue weighted by atomic mass is 16.5. The zero-order valence-electron chi connectivity index (χ0n) is 16.0. The van der Waals surface area contributed by atoms with Gasteiger partial charge >= 0.3 is 0 Å². The van der Waals surface area contributed by atoms with E-state index < -0.39 is 0 Å². The Morgan fingerprint density at radius 2 is 1.81 bits per heavy atom. The van der Waals surface area contributed by atoms with E-state index in [1.54, 1.807) is 0 Å². The summed E-state index contributed by atoms with van der Waals surface area (Å²) in [4.78, 5) is 0. The van der Waals surface area contributed by atoms with Gasteiger partial charge in [-0.2, -0.15) is 0 Å². The van der Waals surface area contributed by atoms with Crippen LogP contribution in [0.25, 0.3) is 0 Å². The van der Waals surface area contributed by atoms with Gasteiger partial charge in [0.25, 0.3) is 0 Å². The van der Waals surface area contributed by atoms with Gasteiger partial charge in [-0.3, -0.25) is 0 Å². The second-order valence-electron chi connectivity index (χ2n) is 6.45. The Bertz CT molecular complexity index is 686. The van der Waals surface area contributed by atoms with Crippen molar-refractivity contribution in [3.05, 3.63) is 54.1 Å². The molecule has 0 aliphatic carbocycles. The van der Waals surface area contributed by atoms with Crippen molar-refractivity contribution in [3.8, 4) is 11.5 Å². The van der Waals surface area contributed by atoms with Crippen molar-refractivity contribution >= 4 is 5.69 Å². The summed E-state index contributed by atoms with van der Waals surface area (Å²) >= 11 is 0. The van der Waals surface area contributed by atoms with Gasteiger partial charge in [-0.1, -0.05) is 30.3 Å². The molecule has 2 aromatic rings. The number of hydrogen-bond acceptors (Lipinski definition) is 5. The van der Waals surface area contributed by atoms with Gasteiger partial charge in [0.15, 0.2) is 0 Å². The van der Waals surface area contributed by atoms with Crippen LogP contribution in [0.15, 0.2) is 48.5 Å². The largest absolute Gasteiger partial charge is 0.491 e. The number of benzene rings is 2. The van der Waals surface area contributed by atoms with Gasteiger partial charge < -0.3 is 24.3 Å². The SMILES string of the molecule is CCOCCOc1ccccc1CNc1ccccc1OCC1CCCO1. The quantitative estimate of drug-likeness (QED) is 0.598. The summed E-state index contributed by atoms with van der Waals surface area (Å²) in [5.74, 6) is 1.73. The Kier molecular flexibility index (Phi) is 7.81. The lowest BCUT2D eigenvalue weighted by Crippen LogP contribution is -2.17. The summed E-state index contributed by atoms with van der Waals surface area (Å²) in [6.45, 7) is 5.92. The predicted molar refractivity (Wildman–Crippen MR) is 107 cm³/mol. The van der Waals surface area contributed by atoms with Crippen LogP contribution >= 0.6 is 0 Å². The maximum absolute atomic E-state index is 6.00. The van der Waals surface area contributed by atoms with E-state index in [-0.39, 0.29) is 6.10 Å². The zero-order chi connectivity index (χ0) is 18.7. The highest BCUT2D eigenvalue weighted by molar-refractivity contribution is 5.56.